The summed E-state index contributed by atoms with van der Waals surface area (Å²) in [6, 6.07) is 0. The lowest BCUT2D eigenvalue weighted by Gasteiger charge is -2.33. The van der Waals surface area contributed by atoms with Crippen molar-refractivity contribution in [3.05, 3.63) is 23.3 Å². The maximum Gasteiger partial charge on any atom is 0.0812 e. The zero-order chi connectivity index (χ0) is 8.65. The highest BCUT2D eigenvalue weighted by Crippen LogP contribution is 2.36. The van der Waals surface area contributed by atoms with Crippen LogP contribution in [0.15, 0.2) is 23.3 Å². The van der Waals surface area contributed by atoms with Gasteiger partial charge in [0.1, 0.15) is 0 Å². The Kier molecular flexibility index (Phi) is 1.93. The molecular weight excluding hydrogens is 136 g/mol. The van der Waals surface area contributed by atoms with Crippen LogP contribution in [0.2, 0.25) is 0 Å². The van der Waals surface area contributed by atoms with Crippen molar-refractivity contribution in [3.63, 3.8) is 0 Å². The van der Waals surface area contributed by atoms with E-state index in [-0.39, 0.29) is 11.5 Å². The van der Waals surface area contributed by atoms with Gasteiger partial charge in [-0.1, -0.05) is 37.1 Å². The Hall–Kier alpha value is -0.560. The molecule has 0 radical (unpaired) electrons. The van der Waals surface area contributed by atoms with Crippen LogP contribution in [0.5, 0.6) is 0 Å². The fourth-order valence-electron chi connectivity index (χ4n) is 1.33. The molecule has 1 aliphatic rings. The molecule has 0 spiro atoms. The van der Waals surface area contributed by atoms with Gasteiger partial charge in [-0.25, -0.2) is 0 Å². The van der Waals surface area contributed by atoms with Gasteiger partial charge in [0.25, 0.3) is 0 Å². The molecule has 1 N–H and O–H groups in total. The van der Waals surface area contributed by atoms with Crippen LogP contribution in [0.1, 0.15) is 27.7 Å². The summed E-state index contributed by atoms with van der Waals surface area (Å²) in [5.41, 5.74) is 2.48. The maximum absolute atomic E-state index is 9.60. The van der Waals surface area contributed by atoms with Crippen LogP contribution >= 0.6 is 0 Å². The molecule has 11 heavy (non-hydrogen) atoms. The summed E-state index contributed by atoms with van der Waals surface area (Å²) in [5, 5.41) is 9.60. The molecule has 0 bridgehead atoms. The van der Waals surface area contributed by atoms with Gasteiger partial charge < -0.3 is 5.11 Å². The van der Waals surface area contributed by atoms with Crippen LogP contribution in [0.4, 0.5) is 0 Å². The smallest absolute Gasteiger partial charge is 0.0812 e. The first kappa shape index (κ1) is 8.54. The normalized spacial score (nSPS) is 29.4. The van der Waals surface area contributed by atoms with E-state index in [0.29, 0.717) is 0 Å². The second-order valence-electron chi connectivity index (χ2n) is 3.83. The average molecular weight is 152 g/mol. The standard InChI is InChI=1S/C10H16O/c1-7-5-6-9(11)10(3,4)8(7)2/h5-6,9,11H,1-4H3. The van der Waals surface area contributed by atoms with Crippen LogP contribution in [-0.2, 0) is 0 Å². The molecule has 0 saturated heterocycles. The lowest BCUT2D eigenvalue weighted by atomic mass is 9.74. The third-order valence-electron chi connectivity index (χ3n) is 2.83. The van der Waals surface area contributed by atoms with Crippen molar-refractivity contribution in [1.29, 1.82) is 0 Å². The quantitative estimate of drug-likeness (QED) is 0.564. The molecule has 1 aliphatic carbocycles. The van der Waals surface area contributed by atoms with E-state index in [0.717, 1.165) is 0 Å². The molecule has 0 aromatic carbocycles. The molecule has 0 saturated carbocycles. The summed E-state index contributed by atoms with van der Waals surface area (Å²) in [7, 11) is 0. The third-order valence-corrected chi connectivity index (χ3v) is 2.83. The van der Waals surface area contributed by atoms with E-state index in [1.807, 2.05) is 12.2 Å². The Bertz CT molecular complexity index is 221. The van der Waals surface area contributed by atoms with E-state index < -0.39 is 0 Å². The van der Waals surface area contributed by atoms with E-state index in [2.05, 4.69) is 27.7 Å². The predicted octanol–water partition coefficient (Wildman–Crippen LogP) is 2.28. The van der Waals surface area contributed by atoms with E-state index in [1.165, 1.54) is 11.1 Å². The van der Waals surface area contributed by atoms with Crippen molar-refractivity contribution >= 4 is 0 Å². The van der Waals surface area contributed by atoms with Gasteiger partial charge >= 0.3 is 0 Å². The first-order valence-corrected chi connectivity index (χ1v) is 4.00. The number of aliphatic hydroxyl groups is 1. The molecule has 0 aromatic rings. The molecule has 1 unspecified atom stereocenters. The summed E-state index contributed by atoms with van der Waals surface area (Å²) < 4.78 is 0. The van der Waals surface area contributed by atoms with Crippen LogP contribution in [0.25, 0.3) is 0 Å². The van der Waals surface area contributed by atoms with Crippen molar-refractivity contribution < 1.29 is 5.11 Å². The van der Waals surface area contributed by atoms with Gasteiger partial charge in [-0.15, -0.1) is 0 Å². The summed E-state index contributed by atoms with van der Waals surface area (Å²) in [5.74, 6) is 0. The second kappa shape index (κ2) is 2.49. The molecule has 1 atom stereocenters. The van der Waals surface area contributed by atoms with Crippen LogP contribution < -0.4 is 0 Å². The van der Waals surface area contributed by atoms with Crippen molar-refractivity contribution in [2.45, 2.75) is 33.8 Å². The van der Waals surface area contributed by atoms with Gasteiger partial charge in [-0.05, 0) is 13.8 Å². The van der Waals surface area contributed by atoms with Gasteiger partial charge in [0.05, 0.1) is 6.10 Å². The Balaban J connectivity index is 3.07. The van der Waals surface area contributed by atoms with E-state index in [9.17, 15) is 5.11 Å². The minimum atomic E-state index is -0.328. The van der Waals surface area contributed by atoms with Crippen molar-refractivity contribution in [2.24, 2.45) is 5.41 Å². The Labute approximate surface area is 68.4 Å². The summed E-state index contributed by atoms with van der Waals surface area (Å²) in [6.07, 6.45) is 3.53. The molecular formula is C10H16O. The van der Waals surface area contributed by atoms with Crippen molar-refractivity contribution in [3.8, 4) is 0 Å². The van der Waals surface area contributed by atoms with Crippen LogP contribution in [0, 0.1) is 5.41 Å². The van der Waals surface area contributed by atoms with Gasteiger partial charge in [0, 0.05) is 5.41 Å². The topological polar surface area (TPSA) is 20.2 Å². The molecule has 0 heterocycles. The second-order valence-corrected chi connectivity index (χ2v) is 3.83. The molecule has 0 aliphatic heterocycles. The zero-order valence-corrected chi connectivity index (χ0v) is 7.68. The number of hydrogen-bond donors (Lipinski definition) is 1. The Morgan fingerprint density at radius 3 is 2.36 bits per heavy atom. The van der Waals surface area contributed by atoms with E-state index in [4.69, 9.17) is 0 Å². The molecule has 1 rings (SSSR count). The number of aliphatic hydroxyl groups excluding tert-OH is 1. The molecule has 1 nitrogen and oxygen atoms in total. The lowest BCUT2D eigenvalue weighted by Crippen LogP contribution is -2.31. The highest BCUT2D eigenvalue weighted by molar-refractivity contribution is 5.33. The van der Waals surface area contributed by atoms with Crippen LogP contribution in [-0.4, -0.2) is 11.2 Å². The summed E-state index contributed by atoms with van der Waals surface area (Å²) in [6.45, 7) is 8.31. The highest BCUT2D eigenvalue weighted by atomic mass is 16.3. The Morgan fingerprint density at radius 2 is 1.91 bits per heavy atom. The van der Waals surface area contributed by atoms with E-state index >= 15 is 0 Å². The Morgan fingerprint density at radius 1 is 1.36 bits per heavy atom. The monoisotopic (exact) mass is 152 g/mol. The fourth-order valence-corrected chi connectivity index (χ4v) is 1.33. The maximum atomic E-state index is 9.60. The predicted molar refractivity (Wildman–Crippen MR) is 47.3 cm³/mol. The van der Waals surface area contributed by atoms with E-state index in [1.54, 1.807) is 0 Å². The van der Waals surface area contributed by atoms with Crippen LogP contribution in [0.3, 0.4) is 0 Å². The van der Waals surface area contributed by atoms with Crippen molar-refractivity contribution in [2.75, 3.05) is 0 Å². The average Bonchev–Trinajstić information content (AvgIpc) is 1.95. The first-order chi connectivity index (χ1) is 4.96. The number of rotatable bonds is 0. The molecule has 0 fully saturated rings. The van der Waals surface area contributed by atoms with Gasteiger partial charge in [-0.3, -0.25) is 0 Å². The number of hydrogen-bond acceptors (Lipinski definition) is 1. The summed E-state index contributed by atoms with van der Waals surface area (Å²) in [4.78, 5) is 0. The molecule has 0 amide bonds. The van der Waals surface area contributed by atoms with Gasteiger partial charge in [0.2, 0.25) is 0 Å². The molecule has 62 valence electrons. The van der Waals surface area contributed by atoms with Crippen molar-refractivity contribution in [1.82, 2.24) is 0 Å². The largest absolute Gasteiger partial charge is 0.388 e. The molecule has 0 aromatic heterocycles. The first-order valence-electron chi connectivity index (χ1n) is 4.00. The SMILES string of the molecule is CC1=C(C)C(C)(C)C(O)C=C1. The fraction of sp³-hybridized carbons (Fsp3) is 0.600. The minimum absolute atomic E-state index is 0.0845. The minimum Gasteiger partial charge on any atom is -0.388 e. The van der Waals surface area contributed by atoms with Gasteiger partial charge in [0.15, 0.2) is 0 Å². The number of allylic oxidation sites excluding steroid dienone is 2. The summed E-state index contributed by atoms with van der Waals surface area (Å²) >= 11 is 0. The third kappa shape index (κ3) is 1.25. The zero-order valence-electron chi connectivity index (χ0n) is 7.68. The lowest BCUT2D eigenvalue weighted by molar-refractivity contribution is 0.114. The van der Waals surface area contributed by atoms with Gasteiger partial charge in [-0.2, -0.15) is 0 Å². The molecule has 1 heteroatoms. The highest BCUT2D eigenvalue weighted by Gasteiger charge is 2.30.